The summed E-state index contributed by atoms with van der Waals surface area (Å²) in [6, 6.07) is 13.5. The lowest BCUT2D eigenvalue weighted by Gasteiger charge is -2.18. The molecule has 0 aromatic heterocycles. The predicted octanol–water partition coefficient (Wildman–Crippen LogP) is 3.38. The molecule has 0 atom stereocenters. The first kappa shape index (κ1) is 19.2. The van der Waals surface area contributed by atoms with E-state index in [0.29, 0.717) is 35.6 Å². The number of rotatable bonds is 6. The molecule has 0 heterocycles. The van der Waals surface area contributed by atoms with Gasteiger partial charge in [-0.3, -0.25) is 14.4 Å². The number of hydrogen-bond acceptors (Lipinski definition) is 3. The second-order valence-corrected chi connectivity index (χ2v) is 5.77. The van der Waals surface area contributed by atoms with Crippen LogP contribution in [0.25, 0.3) is 0 Å². The normalized spacial score (nSPS) is 10.1. The number of hydrogen-bond donors (Lipinski definition) is 2. The summed E-state index contributed by atoms with van der Waals surface area (Å²) in [5.74, 6) is -0.549. The van der Waals surface area contributed by atoms with E-state index in [1.54, 1.807) is 53.4 Å². The van der Waals surface area contributed by atoms with Gasteiger partial charge in [0.25, 0.3) is 11.8 Å². The van der Waals surface area contributed by atoms with Crippen LogP contribution in [-0.4, -0.2) is 35.7 Å². The zero-order valence-electron chi connectivity index (χ0n) is 15.2. The van der Waals surface area contributed by atoms with Crippen LogP contribution >= 0.6 is 0 Å². The summed E-state index contributed by atoms with van der Waals surface area (Å²) < 4.78 is 0. The van der Waals surface area contributed by atoms with E-state index in [1.165, 1.54) is 6.92 Å². The molecule has 2 N–H and O–H groups in total. The van der Waals surface area contributed by atoms with E-state index in [9.17, 15) is 14.4 Å². The van der Waals surface area contributed by atoms with Gasteiger partial charge in [-0.2, -0.15) is 0 Å². The second-order valence-electron chi connectivity index (χ2n) is 5.77. The van der Waals surface area contributed by atoms with Crippen molar-refractivity contribution in [2.24, 2.45) is 0 Å². The Balaban J connectivity index is 2.11. The first-order valence-corrected chi connectivity index (χ1v) is 8.53. The molecule has 6 heteroatoms. The Labute approximate surface area is 153 Å². The molecule has 0 aliphatic carbocycles. The van der Waals surface area contributed by atoms with Gasteiger partial charge in [-0.25, -0.2) is 0 Å². The molecule has 0 aliphatic rings. The van der Waals surface area contributed by atoms with Gasteiger partial charge in [0.05, 0.1) is 0 Å². The van der Waals surface area contributed by atoms with Crippen molar-refractivity contribution < 1.29 is 14.4 Å². The average Bonchev–Trinajstić information content (AvgIpc) is 2.64. The number of anilines is 2. The van der Waals surface area contributed by atoms with E-state index in [4.69, 9.17) is 0 Å². The summed E-state index contributed by atoms with van der Waals surface area (Å²) in [6.45, 7) is 6.51. The Morgan fingerprint density at radius 2 is 1.38 bits per heavy atom. The van der Waals surface area contributed by atoms with Crippen molar-refractivity contribution in [1.82, 2.24) is 4.90 Å². The third-order valence-electron chi connectivity index (χ3n) is 3.89. The summed E-state index contributed by atoms with van der Waals surface area (Å²) in [7, 11) is 0. The highest BCUT2D eigenvalue weighted by Gasteiger charge is 2.14. The topological polar surface area (TPSA) is 78.5 Å². The van der Waals surface area contributed by atoms with Crippen LogP contribution in [-0.2, 0) is 4.79 Å². The second kappa shape index (κ2) is 8.80. The number of nitrogens with zero attached hydrogens (tertiary/aromatic N) is 1. The van der Waals surface area contributed by atoms with Crippen molar-refractivity contribution in [3.05, 3.63) is 59.7 Å². The van der Waals surface area contributed by atoms with E-state index < -0.39 is 0 Å². The van der Waals surface area contributed by atoms with Crippen LogP contribution in [0, 0.1) is 0 Å². The molecular weight excluding hydrogens is 330 g/mol. The molecule has 0 spiro atoms. The molecular formula is C20H23N3O3. The summed E-state index contributed by atoms with van der Waals surface area (Å²) in [4.78, 5) is 37.6. The first-order chi connectivity index (χ1) is 12.4. The lowest BCUT2D eigenvalue weighted by molar-refractivity contribution is -0.114. The zero-order valence-corrected chi connectivity index (χ0v) is 15.2. The van der Waals surface area contributed by atoms with Gasteiger partial charge in [-0.05, 0) is 56.3 Å². The molecule has 0 saturated carbocycles. The van der Waals surface area contributed by atoms with Crippen LogP contribution in [0.2, 0.25) is 0 Å². The standard InChI is InChI=1S/C20H23N3O3/c1-4-23(5-2)20(26)16-8-6-7-15(13-16)19(25)22-18-11-9-17(10-12-18)21-14(3)24/h6-13H,4-5H2,1-3H3,(H,21,24)(H,22,25). The Bertz CT molecular complexity index is 796. The van der Waals surface area contributed by atoms with Gasteiger partial charge >= 0.3 is 0 Å². The summed E-state index contributed by atoms with van der Waals surface area (Å²) in [6.07, 6.45) is 0. The summed E-state index contributed by atoms with van der Waals surface area (Å²) in [5, 5.41) is 5.45. The van der Waals surface area contributed by atoms with E-state index in [1.807, 2.05) is 13.8 Å². The third-order valence-corrected chi connectivity index (χ3v) is 3.89. The molecule has 0 unspecified atom stereocenters. The number of carbonyl (C=O) groups is 3. The molecule has 3 amide bonds. The summed E-state index contributed by atoms with van der Waals surface area (Å²) in [5.41, 5.74) is 2.16. The fourth-order valence-electron chi connectivity index (χ4n) is 2.53. The lowest BCUT2D eigenvalue weighted by Crippen LogP contribution is -2.30. The minimum atomic E-state index is -0.300. The molecule has 2 aromatic rings. The molecule has 26 heavy (non-hydrogen) atoms. The van der Waals surface area contributed by atoms with E-state index in [2.05, 4.69) is 10.6 Å². The fourth-order valence-corrected chi connectivity index (χ4v) is 2.53. The van der Waals surface area contributed by atoms with Crippen molar-refractivity contribution in [3.63, 3.8) is 0 Å². The largest absolute Gasteiger partial charge is 0.339 e. The maximum atomic E-state index is 12.5. The molecule has 0 radical (unpaired) electrons. The van der Waals surface area contributed by atoms with E-state index in [-0.39, 0.29) is 17.7 Å². The van der Waals surface area contributed by atoms with Crippen molar-refractivity contribution in [3.8, 4) is 0 Å². The number of benzene rings is 2. The Hall–Kier alpha value is -3.15. The van der Waals surface area contributed by atoms with E-state index >= 15 is 0 Å². The molecule has 0 bridgehead atoms. The fraction of sp³-hybridized carbons (Fsp3) is 0.250. The quantitative estimate of drug-likeness (QED) is 0.836. The smallest absolute Gasteiger partial charge is 0.255 e. The molecule has 0 fully saturated rings. The van der Waals surface area contributed by atoms with Crippen molar-refractivity contribution in [2.75, 3.05) is 23.7 Å². The maximum Gasteiger partial charge on any atom is 0.255 e. The third kappa shape index (κ3) is 4.92. The van der Waals surface area contributed by atoms with Crippen molar-refractivity contribution >= 4 is 29.1 Å². The SMILES string of the molecule is CCN(CC)C(=O)c1cccc(C(=O)Nc2ccc(NC(C)=O)cc2)c1. The minimum Gasteiger partial charge on any atom is -0.339 e. The van der Waals surface area contributed by atoms with Crippen molar-refractivity contribution in [1.29, 1.82) is 0 Å². The maximum absolute atomic E-state index is 12.5. The highest BCUT2D eigenvalue weighted by atomic mass is 16.2. The average molecular weight is 353 g/mol. The molecule has 2 aromatic carbocycles. The predicted molar refractivity (Wildman–Crippen MR) is 102 cm³/mol. The van der Waals surface area contributed by atoms with Crippen LogP contribution in [0.1, 0.15) is 41.5 Å². The number of carbonyl (C=O) groups excluding carboxylic acids is 3. The van der Waals surface area contributed by atoms with Crippen LogP contribution in [0.3, 0.4) is 0 Å². The number of amides is 3. The van der Waals surface area contributed by atoms with Crippen LogP contribution in [0.5, 0.6) is 0 Å². The van der Waals surface area contributed by atoms with E-state index in [0.717, 1.165) is 0 Å². The van der Waals surface area contributed by atoms with Gasteiger partial charge in [0.2, 0.25) is 5.91 Å². The van der Waals surface area contributed by atoms with Crippen LogP contribution < -0.4 is 10.6 Å². The van der Waals surface area contributed by atoms with Gasteiger partial charge in [-0.1, -0.05) is 6.07 Å². The van der Waals surface area contributed by atoms with Gasteiger partial charge in [0.1, 0.15) is 0 Å². The van der Waals surface area contributed by atoms with Crippen LogP contribution in [0.4, 0.5) is 11.4 Å². The summed E-state index contributed by atoms with van der Waals surface area (Å²) >= 11 is 0. The lowest BCUT2D eigenvalue weighted by atomic mass is 10.1. The Morgan fingerprint density at radius 3 is 1.92 bits per heavy atom. The number of nitrogens with one attached hydrogen (secondary N) is 2. The van der Waals surface area contributed by atoms with Crippen LogP contribution in [0.15, 0.2) is 48.5 Å². The Morgan fingerprint density at radius 1 is 0.846 bits per heavy atom. The van der Waals surface area contributed by atoms with Gasteiger partial charge in [0, 0.05) is 42.5 Å². The molecule has 0 saturated heterocycles. The molecule has 136 valence electrons. The van der Waals surface area contributed by atoms with Gasteiger partial charge < -0.3 is 15.5 Å². The molecule has 2 rings (SSSR count). The minimum absolute atomic E-state index is 0.0932. The first-order valence-electron chi connectivity index (χ1n) is 8.53. The molecule has 6 nitrogen and oxygen atoms in total. The Kier molecular flexibility index (Phi) is 6.49. The van der Waals surface area contributed by atoms with Gasteiger partial charge in [0.15, 0.2) is 0 Å². The molecule has 0 aliphatic heterocycles. The highest BCUT2D eigenvalue weighted by molar-refractivity contribution is 6.06. The van der Waals surface area contributed by atoms with Crippen molar-refractivity contribution in [2.45, 2.75) is 20.8 Å². The zero-order chi connectivity index (χ0) is 19.1. The monoisotopic (exact) mass is 353 g/mol. The van der Waals surface area contributed by atoms with Gasteiger partial charge in [-0.15, -0.1) is 0 Å². The highest BCUT2D eigenvalue weighted by Crippen LogP contribution is 2.15.